The van der Waals surface area contributed by atoms with Crippen LogP contribution in [0.4, 0.5) is 17.1 Å². The van der Waals surface area contributed by atoms with Gasteiger partial charge in [-0.15, -0.1) is 0 Å². The van der Waals surface area contributed by atoms with Gasteiger partial charge in [0.05, 0.1) is 18.4 Å². The number of hydrogen-bond donors (Lipinski definition) is 2. The third-order valence-electron chi connectivity index (χ3n) is 6.71. The number of aryl methyl sites for hydroxylation is 1. The van der Waals surface area contributed by atoms with E-state index >= 15 is 0 Å². The number of carbonyl (C=O) groups is 2. The van der Waals surface area contributed by atoms with Gasteiger partial charge in [-0.3, -0.25) is 9.59 Å². The molecule has 0 unspecified atom stereocenters. The zero-order chi connectivity index (χ0) is 26.2. The van der Waals surface area contributed by atoms with E-state index in [1.54, 1.807) is 13.2 Å². The van der Waals surface area contributed by atoms with Crippen LogP contribution in [0.25, 0.3) is 0 Å². The number of nitrogens with one attached hydrogen (secondary N) is 2. The number of hydrogen-bond acceptors (Lipinski definition) is 5. The minimum Gasteiger partial charge on any atom is -0.495 e. The molecule has 1 fully saturated rings. The maximum absolute atomic E-state index is 13.1. The normalized spacial score (nSPS) is 13.3. The van der Waals surface area contributed by atoms with Crippen molar-refractivity contribution in [1.29, 1.82) is 0 Å². The van der Waals surface area contributed by atoms with Gasteiger partial charge in [0.1, 0.15) is 5.75 Å². The number of para-hydroxylation sites is 2. The van der Waals surface area contributed by atoms with Crippen LogP contribution in [0.5, 0.6) is 5.75 Å². The highest BCUT2D eigenvalue weighted by Gasteiger charge is 2.24. The molecule has 0 saturated carbocycles. The van der Waals surface area contributed by atoms with E-state index in [0.717, 1.165) is 56.1 Å². The van der Waals surface area contributed by atoms with E-state index in [9.17, 15) is 9.59 Å². The van der Waals surface area contributed by atoms with Crippen molar-refractivity contribution in [2.75, 3.05) is 55.0 Å². The van der Waals surface area contributed by atoms with E-state index in [2.05, 4.69) is 33.4 Å². The predicted octanol–water partition coefficient (Wildman–Crippen LogP) is 4.98. The van der Waals surface area contributed by atoms with E-state index in [0.29, 0.717) is 23.4 Å². The fourth-order valence-electron chi connectivity index (χ4n) is 4.58. The van der Waals surface area contributed by atoms with Gasteiger partial charge in [-0.2, -0.15) is 0 Å². The number of methoxy groups -OCH3 is 1. The average Bonchev–Trinajstić information content (AvgIpc) is 2.96. The molecule has 0 spiro atoms. The third kappa shape index (κ3) is 6.23. The summed E-state index contributed by atoms with van der Waals surface area (Å²) in [4.78, 5) is 30.5. The second-order valence-corrected chi connectivity index (χ2v) is 9.14. The molecule has 4 rings (SSSR count). The first-order valence-electron chi connectivity index (χ1n) is 13.0. The zero-order valence-corrected chi connectivity index (χ0v) is 21.9. The van der Waals surface area contributed by atoms with Gasteiger partial charge in [-0.1, -0.05) is 38.1 Å². The molecule has 1 saturated heterocycles. The van der Waals surface area contributed by atoms with Gasteiger partial charge in [0.25, 0.3) is 11.8 Å². The standard InChI is InChI=1S/C30H36N4O3/c1-4-16-31-30(36)25-21-24(32-29(35)23-12-10-22(5-2)11-13-23)14-15-26(25)33-17-19-34(20-18-33)27-8-6-7-9-28(27)37-3/h6-15,21H,4-5,16-20H2,1-3H3,(H,31,36)(H,32,35). The van der Waals surface area contributed by atoms with Gasteiger partial charge >= 0.3 is 0 Å². The molecule has 37 heavy (non-hydrogen) atoms. The number of benzene rings is 3. The van der Waals surface area contributed by atoms with Crippen molar-refractivity contribution in [2.24, 2.45) is 0 Å². The Morgan fingerprint density at radius 2 is 1.51 bits per heavy atom. The highest BCUT2D eigenvalue weighted by molar-refractivity contribution is 6.06. The zero-order valence-electron chi connectivity index (χ0n) is 21.9. The van der Waals surface area contributed by atoms with Crippen molar-refractivity contribution in [3.05, 3.63) is 83.4 Å². The summed E-state index contributed by atoms with van der Waals surface area (Å²) in [7, 11) is 1.69. The fraction of sp³-hybridized carbons (Fsp3) is 0.333. The molecule has 0 radical (unpaired) electrons. The van der Waals surface area contributed by atoms with Gasteiger partial charge in [0.15, 0.2) is 0 Å². The van der Waals surface area contributed by atoms with Gasteiger partial charge in [-0.25, -0.2) is 0 Å². The summed E-state index contributed by atoms with van der Waals surface area (Å²) in [6.45, 7) is 7.85. The van der Waals surface area contributed by atoms with Crippen molar-refractivity contribution in [3.8, 4) is 5.75 Å². The summed E-state index contributed by atoms with van der Waals surface area (Å²) in [6, 6.07) is 21.2. The molecule has 0 aromatic heterocycles. The molecule has 0 bridgehead atoms. The molecule has 7 nitrogen and oxygen atoms in total. The Morgan fingerprint density at radius 3 is 2.16 bits per heavy atom. The minimum absolute atomic E-state index is 0.132. The second-order valence-electron chi connectivity index (χ2n) is 9.14. The molecule has 3 aromatic carbocycles. The van der Waals surface area contributed by atoms with E-state index < -0.39 is 0 Å². The van der Waals surface area contributed by atoms with Crippen molar-refractivity contribution >= 4 is 28.9 Å². The van der Waals surface area contributed by atoms with Gasteiger partial charge < -0.3 is 25.2 Å². The molecule has 0 atom stereocenters. The topological polar surface area (TPSA) is 73.9 Å². The van der Waals surface area contributed by atoms with Gasteiger partial charge in [0, 0.05) is 49.7 Å². The molecule has 3 aromatic rings. The summed E-state index contributed by atoms with van der Waals surface area (Å²) in [5.41, 5.74) is 4.89. The van der Waals surface area contributed by atoms with Crippen molar-refractivity contribution < 1.29 is 14.3 Å². The van der Waals surface area contributed by atoms with E-state index in [-0.39, 0.29) is 11.8 Å². The maximum Gasteiger partial charge on any atom is 0.255 e. The van der Waals surface area contributed by atoms with Crippen LogP contribution in [0.3, 0.4) is 0 Å². The summed E-state index contributed by atoms with van der Waals surface area (Å²) >= 11 is 0. The smallest absolute Gasteiger partial charge is 0.255 e. The summed E-state index contributed by atoms with van der Waals surface area (Å²) in [5, 5.41) is 5.96. The molecular formula is C30H36N4O3. The first kappa shape index (κ1) is 26.1. The maximum atomic E-state index is 13.1. The molecular weight excluding hydrogens is 464 g/mol. The van der Waals surface area contributed by atoms with E-state index in [1.807, 2.05) is 61.5 Å². The van der Waals surface area contributed by atoms with Crippen LogP contribution in [-0.2, 0) is 6.42 Å². The summed E-state index contributed by atoms with van der Waals surface area (Å²) in [6.07, 6.45) is 1.77. The van der Waals surface area contributed by atoms with Crippen LogP contribution in [-0.4, -0.2) is 51.6 Å². The highest BCUT2D eigenvalue weighted by Crippen LogP contribution is 2.31. The monoisotopic (exact) mass is 500 g/mol. The Morgan fingerprint density at radius 1 is 0.838 bits per heavy atom. The van der Waals surface area contributed by atoms with Crippen LogP contribution in [0.2, 0.25) is 0 Å². The molecule has 1 aliphatic rings. The van der Waals surface area contributed by atoms with Crippen molar-refractivity contribution in [3.63, 3.8) is 0 Å². The second kappa shape index (κ2) is 12.3. The number of rotatable bonds is 9. The van der Waals surface area contributed by atoms with Crippen LogP contribution < -0.4 is 25.2 Å². The number of ether oxygens (including phenoxy) is 1. The number of nitrogens with zero attached hydrogens (tertiary/aromatic N) is 2. The Kier molecular flexibility index (Phi) is 8.67. The lowest BCUT2D eigenvalue weighted by atomic mass is 10.1. The predicted molar refractivity (Wildman–Crippen MR) is 150 cm³/mol. The van der Waals surface area contributed by atoms with Gasteiger partial charge in [-0.05, 0) is 60.9 Å². The van der Waals surface area contributed by atoms with Crippen LogP contribution in [0.15, 0.2) is 66.7 Å². The van der Waals surface area contributed by atoms with Gasteiger partial charge in [0.2, 0.25) is 0 Å². The SMILES string of the molecule is CCCNC(=O)c1cc(NC(=O)c2ccc(CC)cc2)ccc1N1CCN(c2ccccc2OC)CC1. The first-order valence-corrected chi connectivity index (χ1v) is 13.0. The van der Waals surface area contributed by atoms with E-state index in [1.165, 1.54) is 5.56 Å². The summed E-state index contributed by atoms with van der Waals surface area (Å²) in [5.74, 6) is 0.535. The summed E-state index contributed by atoms with van der Waals surface area (Å²) < 4.78 is 5.54. The largest absolute Gasteiger partial charge is 0.495 e. The molecule has 0 aliphatic carbocycles. The Bertz CT molecular complexity index is 1220. The van der Waals surface area contributed by atoms with Crippen LogP contribution in [0.1, 0.15) is 46.5 Å². The van der Waals surface area contributed by atoms with Crippen LogP contribution in [0, 0.1) is 0 Å². The van der Waals surface area contributed by atoms with Crippen LogP contribution >= 0.6 is 0 Å². The van der Waals surface area contributed by atoms with Crippen molar-refractivity contribution in [1.82, 2.24) is 5.32 Å². The number of piperazine rings is 1. The fourth-order valence-corrected chi connectivity index (χ4v) is 4.58. The molecule has 194 valence electrons. The molecule has 2 N–H and O–H groups in total. The lowest BCUT2D eigenvalue weighted by molar-refractivity contribution is 0.0952. The molecule has 1 aliphatic heterocycles. The van der Waals surface area contributed by atoms with E-state index in [4.69, 9.17) is 4.74 Å². The molecule has 1 heterocycles. The minimum atomic E-state index is -0.194. The number of amides is 2. The third-order valence-corrected chi connectivity index (χ3v) is 6.71. The number of anilines is 3. The number of carbonyl (C=O) groups excluding carboxylic acids is 2. The quantitative estimate of drug-likeness (QED) is 0.434. The van der Waals surface area contributed by atoms with Crippen molar-refractivity contribution in [2.45, 2.75) is 26.7 Å². The average molecular weight is 501 g/mol. The Hall–Kier alpha value is -4.00. The lowest BCUT2D eigenvalue weighted by Crippen LogP contribution is -2.47. The Balaban J connectivity index is 1.52. The lowest BCUT2D eigenvalue weighted by Gasteiger charge is -2.38. The highest BCUT2D eigenvalue weighted by atomic mass is 16.5. The molecule has 2 amide bonds. The first-order chi connectivity index (χ1) is 18.0. The Labute approximate surface area is 219 Å². The molecule has 7 heteroatoms.